The highest BCUT2D eigenvalue weighted by molar-refractivity contribution is 5.98. The van der Waals surface area contributed by atoms with E-state index in [9.17, 15) is 14.7 Å². The Hall–Kier alpha value is -3.89. The molecule has 2 aliphatic heterocycles. The van der Waals surface area contributed by atoms with Crippen LogP contribution in [0, 0.1) is 0 Å². The lowest BCUT2D eigenvalue weighted by Crippen LogP contribution is -2.90. The average molecular weight is 698 g/mol. The number of amides is 2. The van der Waals surface area contributed by atoms with Gasteiger partial charge in [0.25, 0.3) is 5.91 Å². The molecule has 282 valence electrons. The van der Waals surface area contributed by atoms with Crippen LogP contribution < -0.4 is 31.4 Å². The molecule has 1 aromatic rings. The van der Waals surface area contributed by atoms with Gasteiger partial charge in [0.05, 0.1) is 36.4 Å². The summed E-state index contributed by atoms with van der Waals surface area (Å²) in [6.45, 7) is 25.6. The smallest absolute Gasteiger partial charge is 0.255 e. The van der Waals surface area contributed by atoms with Gasteiger partial charge in [-0.25, -0.2) is 0 Å². The fourth-order valence-electron chi connectivity index (χ4n) is 5.78. The van der Waals surface area contributed by atoms with Gasteiger partial charge in [0.2, 0.25) is 11.7 Å². The van der Waals surface area contributed by atoms with Crippen LogP contribution in [0.3, 0.4) is 0 Å². The molecule has 0 bridgehead atoms. The number of hydrogen-bond acceptors (Lipinski definition) is 6. The Morgan fingerprint density at radius 2 is 1.86 bits per heavy atom. The molecule has 10 heteroatoms. The molecule has 1 aromatic carbocycles. The number of para-hydroxylation sites is 1. The maximum atomic E-state index is 13.4. The number of allylic oxidation sites excluding steroid dienone is 3. The second-order valence-electron chi connectivity index (χ2n) is 13.8. The predicted octanol–water partition coefficient (Wildman–Crippen LogP) is 4.11. The van der Waals surface area contributed by atoms with Crippen molar-refractivity contribution in [1.82, 2.24) is 20.9 Å². The van der Waals surface area contributed by atoms with Crippen LogP contribution in [0.1, 0.15) is 104 Å². The van der Waals surface area contributed by atoms with E-state index < -0.39 is 17.7 Å². The standard InChI is InChI=1S/C26H41N5O3.C10H15NO.C3H8.CH4/c1-7-10-21(27)30-20(15-28-8-2)26(5)23(32)19(16-31(26)6)29-24(33)17-11-9-12-18-22(17)34-14-13-25(18,3)4;1-8(2)6-5-7-9(3)10(12)11-4;1-3-2;/h8-9,11-12,19-20,23,28,32H,2,7,10,13-16H2,1,3-6H3,(H2,27,30)(H,29,33);5-7H,3H2,1-2,4H3,(H,11,12);3H2,1-2H3;1H4/p+1/b;7-5-;;. The molecular weight excluding hydrogens is 628 g/mol. The SMILES string of the molecule is C.C=C(/C=C\C=C(C)C)C(=O)NC.C=CNCC([NH+]=C(N)CCC)C1(C)C(O)C(NC(=O)c2cccc3c2OCCC3(C)C)CN1C.CCC. The lowest BCUT2D eigenvalue weighted by atomic mass is 9.79. The second-order valence-corrected chi connectivity index (χ2v) is 13.8. The largest absolute Gasteiger partial charge is 0.492 e. The van der Waals surface area contributed by atoms with Crippen molar-refractivity contribution < 1.29 is 24.4 Å². The van der Waals surface area contributed by atoms with E-state index in [4.69, 9.17) is 10.5 Å². The molecule has 2 aliphatic rings. The van der Waals surface area contributed by atoms with Gasteiger partial charge in [-0.05, 0) is 58.3 Å². The van der Waals surface area contributed by atoms with Crippen LogP contribution in [0.15, 0.2) is 66.9 Å². The fraction of sp³-hybridized carbons (Fsp3) is 0.575. The normalized spacial score (nSPS) is 21.3. The van der Waals surface area contributed by atoms with Crippen molar-refractivity contribution in [3.63, 3.8) is 0 Å². The molecule has 1 saturated heterocycles. The van der Waals surface area contributed by atoms with Crippen LogP contribution in [-0.2, 0) is 10.2 Å². The Kier molecular flexibility index (Phi) is 20.3. The van der Waals surface area contributed by atoms with Crippen molar-refractivity contribution in [3.05, 3.63) is 78.1 Å². The van der Waals surface area contributed by atoms with Gasteiger partial charge in [0, 0.05) is 31.1 Å². The fourth-order valence-corrected chi connectivity index (χ4v) is 5.78. The number of fused-ring (bicyclic) bond motifs is 1. The number of hydrogen-bond donors (Lipinski definition) is 6. The van der Waals surface area contributed by atoms with Gasteiger partial charge < -0.3 is 25.8 Å². The predicted molar refractivity (Wildman–Crippen MR) is 209 cm³/mol. The molecule has 0 aliphatic carbocycles. The van der Waals surface area contributed by atoms with E-state index in [1.165, 1.54) is 12.0 Å². The van der Waals surface area contributed by atoms with Gasteiger partial charge in [0.1, 0.15) is 11.8 Å². The summed E-state index contributed by atoms with van der Waals surface area (Å²) in [7, 11) is 3.55. The third kappa shape index (κ3) is 12.8. The molecule has 0 radical (unpaired) electrons. The molecule has 7 N–H and O–H groups in total. The van der Waals surface area contributed by atoms with E-state index >= 15 is 0 Å². The van der Waals surface area contributed by atoms with Gasteiger partial charge in [-0.2, -0.15) is 0 Å². The number of carbonyl (C=O) groups excluding carboxylic acids is 2. The van der Waals surface area contributed by atoms with Crippen LogP contribution in [0.25, 0.3) is 0 Å². The summed E-state index contributed by atoms with van der Waals surface area (Å²) in [6.07, 6.45) is 10.1. The quantitative estimate of drug-likeness (QED) is 0.0836. The lowest BCUT2D eigenvalue weighted by Gasteiger charge is -2.39. The molecule has 50 heavy (non-hydrogen) atoms. The van der Waals surface area contributed by atoms with Crippen molar-refractivity contribution >= 4 is 17.6 Å². The number of nitrogens with two attached hydrogens (primary N) is 1. The highest BCUT2D eigenvalue weighted by atomic mass is 16.5. The monoisotopic (exact) mass is 698 g/mol. The molecule has 2 heterocycles. The number of benzene rings is 1. The maximum Gasteiger partial charge on any atom is 0.255 e. The molecule has 0 spiro atoms. The summed E-state index contributed by atoms with van der Waals surface area (Å²) in [5.74, 6) is 0.954. The first kappa shape index (κ1) is 46.1. The van der Waals surface area contributed by atoms with Gasteiger partial charge in [0.15, 0.2) is 0 Å². The Bertz CT molecular complexity index is 1350. The van der Waals surface area contributed by atoms with Crippen LogP contribution in [-0.4, -0.2) is 85.2 Å². The Morgan fingerprint density at radius 1 is 1.22 bits per heavy atom. The van der Waals surface area contributed by atoms with Gasteiger partial charge >= 0.3 is 0 Å². The molecule has 3 rings (SSSR count). The summed E-state index contributed by atoms with van der Waals surface area (Å²) in [5.41, 5.74) is 8.70. The van der Waals surface area contributed by atoms with E-state index in [1.54, 1.807) is 25.4 Å². The van der Waals surface area contributed by atoms with E-state index in [0.29, 0.717) is 42.4 Å². The summed E-state index contributed by atoms with van der Waals surface area (Å²) in [6, 6.07) is 5.07. The zero-order valence-electron chi connectivity index (χ0n) is 31.8. The third-order valence-electron chi connectivity index (χ3n) is 8.85. The molecule has 10 nitrogen and oxygen atoms in total. The maximum absolute atomic E-state index is 13.4. The number of amidine groups is 1. The molecule has 4 unspecified atom stereocenters. The Balaban J connectivity index is 0.00000127. The number of aliphatic hydroxyl groups is 1. The molecule has 0 saturated carbocycles. The molecule has 1 fully saturated rings. The number of ether oxygens (including phenoxy) is 1. The second kappa shape index (κ2) is 22.0. The third-order valence-corrected chi connectivity index (χ3v) is 8.85. The van der Waals surface area contributed by atoms with Crippen molar-refractivity contribution in [1.29, 1.82) is 0 Å². The summed E-state index contributed by atoms with van der Waals surface area (Å²) < 4.78 is 5.94. The van der Waals surface area contributed by atoms with Gasteiger partial charge in [-0.1, -0.05) is 97.6 Å². The number of carbonyl (C=O) groups is 2. The number of aliphatic hydroxyl groups excluding tert-OH is 1. The van der Waals surface area contributed by atoms with E-state index in [0.717, 1.165) is 24.8 Å². The first-order chi connectivity index (χ1) is 23.0. The van der Waals surface area contributed by atoms with Crippen molar-refractivity contribution in [2.75, 3.05) is 33.8 Å². The molecule has 4 atom stereocenters. The van der Waals surface area contributed by atoms with Gasteiger partial charge in [-0.3, -0.25) is 25.2 Å². The van der Waals surface area contributed by atoms with Crippen molar-refractivity contribution in [3.8, 4) is 5.75 Å². The highest BCUT2D eigenvalue weighted by Crippen LogP contribution is 2.40. The average Bonchev–Trinajstić information content (AvgIpc) is 3.26. The van der Waals surface area contributed by atoms with Crippen LogP contribution in [0.2, 0.25) is 0 Å². The van der Waals surface area contributed by atoms with Crippen molar-refractivity contribution in [2.45, 2.75) is 118 Å². The summed E-state index contributed by atoms with van der Waals surface area (Å²) in [4.78, 5) is 29.8. The van der Waals surface area contributed by atoms with Crippen molar-refractivity contribution in [2.24, 2.45) is 5.73 Å². The van der Waals surface area contributed by atoms with E-state index in [-0.39, 0.29) is 30.7 Å². The van der Waals surface area contributed by atoms with Crippen LogP contribution >= 0.6 is 0 Å². The lowest BCUT2D eigenvalue weighted by molar-refractivity contribution is -0.523. The molecule has 2 amide bonds. The minimum atomic E-state index is -0.822. The highest BCUT2D eigenvalue weighted by Gasteiger charge is 2.54. The summed E-state index contributed by atoms with van der Waals surface area (Å²) >= 11 is 0. The minimum absolute atomic E-state index is 0. The van der Waals surface area contributed by atoms with E-state index in [1.807, 2.05) is 52.1 Å². The van der Waals surface area contributed by atoms with Crippen LogP contribution in [0.5, 0.6) is 5.75 Å². The zero-order chi connectivity index (χ0) is 37.4. The van der Waals surface area contributed by atoms with E-state index in [2.05, 4.69) is 73.6 Å². The first-order valence-corrected chi connectivity index (χ1v) is 17.5. The topological polar surface area (TPSA) is 143 Å². The Morgan fingerprint density at radius 3 is 2.42 bits per heavy atom. The first-order valence-electron chi connectivity index (χ1n) is 17.5. The minimum Gasteiger partial charge on any atom is -0.492 e. The molecular formula is C40H69N6O4+. The number of nitrogens with zero attached hydrogens (tertiary/aromatic N) is 1. The summed E-state index contributed by atoms with van der Waals surface area (Å²) in [5, 5.41) is 20.2. The number of likely N-dealkylation sites (N-methyl/N-ethyl adjacent to an activating group) is 2. The van der Waals surface area contributed by atoms with Crippen LogP contribution in [0.4, 0.5) is 0 Å². The number of nitrogens with one attached hydrogen (secondary N) is 4. The number of likely N-dealkylation sites (tertiary alicyclic amines) is 1. The van der Waals surface area contributed by atoms with Gasteiger partial charge in [-0.15, -0.1) is 0 Å². The molecule has 0 aromatic heterocycles. The number of rotatable bonds is 12. The Labute approximate surface area is 303 Å². The zero-order valence-corrected chi connectivity index (χ0v) is 31.8.